The number of aromatic nitrogens is 1. The number of benzene rings is 4. The van der Waals surface area contributed by atoms with E-state index in [4.69, 9.17) is 19.2 Å². The fourth-order valence-electron chi connectivity index (χ4n) is 5.18. The Bertz CT molecular complexity index is 2070. The first kappa shape index (κ1) is 30.3. The van der Waals surface area contributed by atoms with Crippen LogP contribution in [0.25, 0.3) is 11.8 Å². The maximum Gasteiger partial charge on any atom is 0.338 e. The Hall–Kier alpha value is -4.73. The van der Waals surface area contributed by atoms with E-state index in [1.165, 1.54) is 11.3 Å². The van der Waals surface area contributed by atoms with Gasteiger partial charge in [-0.1, -0.05) is 90.2 Å². The maximum atomic E-state index is 14.2. The minimum absolute atomic E-state index is 0.180. The molecule has 0 radical (unpaired) electrons. The van der Waals surface area contributed by atoms with Gasteiger partial charge >= 0.3 is 5.97 Å². The lowest BCUT2D eigenvalue weighted by atomic mass is 9.93. The first-order valence-electron chi connectivity index (χ1n) is 14.4. The molecule has 45 heavy (non-hydrogen) atoms. The average molecular weight is 682 g/mol. The van der Waals surface area contributed by atoms with Crippen LogP contribution in [-0.4, -0.2) is 24.3 Å². The molecule has 5 aromatic rings. The number of ether oxygens (including phenoxy) is 3. The van der Waals surface area contributed by atoms with Crippen LogP contribution in [0.1, 0.15) is 35.2 Å². The van der Waals surface area contributed by atoms with Crippen molar-refractivity contribution in [2.45, 2.75) is 19.6 Å². The number of esters is 1. The van der Waals surface area contributed by atoms with Gasteiger partial charge in [0.05, 0.1) is 40.0 Å². The lowest BCUT2D eigenvalue weighted by Gasteiger charge is -2.26. The fraction of sp³-hybridized carbons (Fsp3) is 0.139. The van der Waals surface area contributed by atoms with E-state index >= 15 is 0 Å². The highest BCUT2D eigenvalue weighted by Crippen LogP contribution is 2.36. The summed E-state index contributed by atoms with van der Waals surface area (Å²) < 4.78 is 19.9. The molecule has 0 N–H and O–H groups in total. The highest BCUT2D eigenvalue weighted by atomic mass is 79.9. The molecule has 7 nitrogen and oxygen atoms in total. The van der Waals surface area contributed by atoms with Crippen molar-refractivity contribution in [1.82, 2.24) is 4.57 Å². The van der Waals surface area contributed by atoms with Crippen molar-refractivity contribution in [3.63, 3.8) is 0 Å². The third-order valence-electron chi connectivity index (χ3n) is 7.27. The van der Waals surface area contributed by atoms with E-state index < -0.39 is 12.0 Å². The monoisotopic (exact) mass is 680 g/mol. The summed E-state index contributed by atoms with van der Waals surface area (Å²) in [6.45, 7) is 2.38. The lowest BCUT2D eigenvalue weighted by Crippen LogP contribution is -2.40. The zero-order chi connectivity index (χ0) is 31.3. The number of nitrogens with zero attached hydrogens (tertiary/aromatic N) is 2. The van der Waals surface area contributed by atoms with Crippen LogP contribution in [0.2, 0.25) is 0 Å². The van der Waals surface area contributed by atoms with E-state index in [2.05, 4.69) is 15.9 Å². The number of fused-ring (bicyclic) bond motifs is 1. The molecule has 0 unspecified atom stereocenters. The molecule has 0 saturated heterocycles. The number of carbonyl (C=O) groups excluding carboxylic acids is 1. The van der Waals surface area contributed by atoms with Gasteiger partial charge in [0.1, 0.15) is 18.1 Å². The molecule has 4 aromatic carbocycles. The van der Waals surface area contributed by atoms with E-state index in [-0.39, 0.29) is 17.7 Å². The predicted octanol–water partition coefficient (Wildman–Crippen LogP) is 6.29. The molecule has 226 valence electrons. The number of halogens is 1. The number of carbonyl (C=O) groups is 1. The molecule has 0 aliphatic carbocycles. The van der Waals surface area contributed by atoms with Gasteiger partial charge in [0.15, 0.2) is 4.80 Å². The topological polar surface area (TPSA) is 79.1 Å². The van der Waals surface area contributed by atoms with Crippen molar-refractivity contribution in [2.24, 2.45) is 4.99 Å². The number of hydrogen-bond donors (Lipinski definition) is 0. The van der Waals surface area contributed by atoms with E-state index in [1.54, 1.807) is 18.6 Å². The quantitative estimate of drug-likeness (QED) is 0.171. The third-order valence-corrected chi connectivity index (χ3v) is 8.88. The van der Waals surface area contributed by atoms with Crippen LogP contribution < -0.4 is 24.4 Å². The Kier molecular flexibility index (Phi) is 9.09. The molecule has 9 heteroatoms. The van der Waals surface area contributed by atoms with E-state index in [0.29, 0.717) is 38.7 Å². The van der Waals surface area contributed by atoms with Crippen LogP contribution in [0.5, 0.6) is 11.5 Å². The molecule has 2 heterocycles. The molecular weight excluding hydrogens is 652 g/mol. The van der Waals surface area contributed by atoms with Crippen molar-refractivity contribution < 1.29 is 19.0 Å². The van der Waals surface area contributed by atoms with Crippen molar-refractivity contribution in [2.75, 3.05) is 13.7 Å². The third kappa shape index (κ3) is 6.41. The summed E-state index contributed by atoms with van der Waals surface area (Å²) in [4.78, 5) is 33.2. The second-order valence-corrected chi connectivity index (χ2v) is 12.0. The number of hydrogen-bond acceptors (Lipinski definition) is 7. The van der Waals surface area contributed by atoms with Gasteiger partial charge in [0, 0.05) is 5.56 Å². The average Bonchev–Trinajstić information content (AvgIpc) is 3.38. The number of rotatable bonds is 9. The minimum atomic E-state index is -0.784. The Morgan fingerprint density at radius 1 is 0.978 bits per heavy atom. The summed E-state index contributed by atoms with van der Waals surface area (Å²) in [5.74, 6) is 0.773. The first-order valence-corrected chi connectivity index (χ1v) is 16.0. The van der Waals surface area contributed by atoms with Gasteiger partial charge in [0.2, 0.25) is 0 Å². The van der Waals surface area contributed by atoms with E-state index in [1.807, 2.05) is 109 Å². The maximum absolute atomic E-state index is 14.2. The van der Waals surface area contributed by atoms with Crippen molar-refractivity contribution in [3.8, 4) is 11.5 Å². The number of methoxy groups -OCH3 is 1. The minimum Gasteiger partial charge on any atom is -0.497 e. The molecule has 0 fully saturated rings. The summed E-state index contributed by atoms with van der Waals surface area (Å²) in [5.41, 5.74) is 3.83. The Morgan fingerprint density at radius 3 is 2.44 bits per heavy atom. The van der Waals surface area contributed by atoms with E-state index in [0.717, 1.165) is 21.2 Å². The first-order chi connectivity index (χ1) is 22.0. The zero-order valence-corrected chi connectivity index (χ0v) is 27.0. The molecule has 1 atom stereocenters. The van der Waals surface area contributed by atoms with Gasteiger partial charge in [-0.2, -0.15) is 0 Å². The summed E-state index contributed by atoms with van der Waals surface area (Å²) >= 11 is 4.89. The molecule has 0 saturated carbocycles. The van der Waals surface area contributed by atoms with Gasteiger partial charge < -0.3 is 14.2 Å². The van der Waals surface area contributed by atoms with Crippen LogP contribution in [-0.2, 0) is 16.1 Å². The summed E-state index contributed by atoms with van der Waals surface area (Å²) in [6.07, 6.45) is 1.83. The van der Waals surface area contributed by atoms with Gasteiger partial charge in [-0.25, -0.2) is 9.79 Å². The van der Waals surface area contributed by atoms with Crippen LogP contribution in [0.3, 0.4) is 0 Å². The highest BCUT2D eigenvalue weighted by molar-refractivity contribution is 9.10. The summed E-state index contributed by atoms with van der Waals surface area (Å²) in [6, 6.07) is 31.7. The smallest absolute Gasteiger partial charge is 0.338 e. The molecular formula is C36H29BrN2O5S. The molecule has 1 aliphatic heterocycles. The molecule has 0 amide bonds. The summed E-state index contributed by atoms with van der Waals surface area (Å²) in [7, 11) is 1.58. The Morgan fingerprint density at radius 2 is 1.73 bits per heavy atom. The SMILES string of the molecule is CCOC(=O)C1=C(c2ccccc2)N=c2s/c(=C\c3ccc(OCc4ccccc4)c(Br)c3)c(=O)n2[C@@H]1c1cccc(OC)c1. The van der Waals surface area contributed by atoms with Gasteiger partial charge in [-0.3, -0.25) is 9.36 Å². The molecule has 0 bridgehead atoms. The highest BCUT2D eigenvalue weighted by Gasteiger charge is 2.35. The summed E-state index contributed by atoms with van der Waals surface area (Å²) in [5, 5.41) is 0. The molecule has 0 spiro atoms. The van der Waals surface area contributed by atoms with Gasteiger partial charge in [0.25, 0.3) is 5.56 Å². The van der Waals surface area contributed by atoms with Crippen molar-refractivity contribution in [3.05, 3.63) is 155 Å². The fourth-order valence-corrected chi connectivity index (χ4v) is 6.69. The second kappa shape index (κ2) is 13.5. The molecule has 6 rings (SSSR count). The van der Waals surface area contributed by atoms with Crippen LogP contribution in [0, 0.1) is 0 Å². The Balaban J connectivity index is 1.48. The van der Waals surface area contributed by atoms with Crippen molar-refractivity contribution >= 4 is 45.0 Å². The standard InChI is InChI=1S/C36H29BrN2O5S/c1-3-43-35(41)31-32(25-13-8-5-9-14-25)38-36-39(33(31)26-15-10-16-27(21-26)42-2)34(40)30(45-36)20-24-17-18-29(28(37)19-24)44-22-23-11-6-4-7-12-23/h4-21,33H,3,22H2,1-2H3/b30-20-/t33-/m1/s1. The van der Waals surface area contributed by atoms with Crippen LogP contribution in [0.4, 0.5) is 0 Å². The van der Waals surface area contributed by atoms with E-state index in [9.17, 15) is 9.59 Å². The van der Waals surface area contributed by atoms with Crippen LogP contribution in [0.15, 0.2) is 123 Å². The Labute approximate surface area is 272 Å². The largest absolute Gasteiger partial charge is 0.497 e. The molecule has 1 aromatic heterocycles. The van der Waals surface area contributed by atoms with Gasteiger partial charge in [-0.05, 0) is 69.9 Å². The predicted molar refractivity (Wildman–Crippen MR) is 179 cm³/mol. The second-order valence-electron chi connectivity index (χ2n) is 10.2. The molecule has 1 aliphatic rings. The van der Waals surface area contributed by atoms with Crippen molar-refractivity contribution in [1.29, 1.82) is 0 Å². The lowest BCUT2D eigenvalue weighted by molar-refractivity contribution is -0.138. The zero-order valence-electron chi connectivity index (χ0n) is 24.6. The van der Waals surface area contributed by atoms with Gasteiger partial charge in [-0.15, -0.1) is 0 Å². The number of thiazole rings is 1. The normalized spacial score (nSPS) is 14.5. The van der Waals surface area contributed by atoms with Crippen LogP contribution >= 0.6 is 27.3 Å².